The molecule has 0 radical (unpaired) electrons. The molecule has 2 nitrogen and oxygen atoms in total. The Balaban J connectivity index is 2.44. The van der Waals surface area contributed by atoms with Crippen LogP contribution in [0.1, 0.15) is 43.4 Å². The minimum atomic E-state index is 0.295. The van der Waals surface area contributed by atoms with Crippen molar-refractivity contribution in [2.75, 3.05) is 13.2 Å². The van der Waals surface area contributed by atoms with Gasteiger partial charge in [0.1, 0.15) is 0 Å². The van der Waals surface area contributed by atoms with Gasteiger partial charge in [0.2, 0.25) is 0 Å². The van der Waals surface area contributed by atoms with Crippen LogP contribution in [-0.2, 0) is 0 Å². The summed E-state index contributed by atoms with van der Waals surface area (Å²) >= 11 is 0. The van der Waals surface area contributed by atoms with Crippen LogP contribution in [0, 0.1) is 6.92 Å². The normalized spacial score (nSPS) is 12.7. The molecule has 0 saturated heterocycles. The highest BCUT2D eigenvalue weighted by Crippen LogP contribution is 2.16. The quantitative estimate of drug-likeness (QED) is 0.694. The number of benzene rings is 1. The Bertz CT molecular complexity index is 281. The van der Waals surface area contributed by atoms with Crippen molar-refractivity contribution in [3.8, 4) is 0 Å². The van der Waals surface area contributed by atoms with E-state index in [1.165, 1.54) is 11.1 Å². The largest absolute Gasteiger partial charge is 0.396 e. The molecule has 0 bridgehead atoms. The molecule has 0 aliphatic heterocycles. The van der Waals surface area contributed by atoms with Gasteiger partial charge in [-0.05, 0) is 38.3 Å². The Morgan fingerprint density at radius 3 is 2.44 bits per heavy atom. The summed E-state index contributed by atoms with van der Waals surface area (Å²) in [5.74, 6) is 0. The molecule has 16 heavy (non-hydrogen) atoms. The maximum Gasteiger partial charge on any atom is 0.0431 e. The van der Waals surface area contributed by atoms with Gasteiger partial charge in [0, 0.05) is 12.6 Å². The van der Waals surface area contributed by atoms with Gasteiger partial charge in [-0.2, -0.15) is 0 Å². The molecule has 0 spiro atoms. The summed E-state index contributed by atoms with van der Waals surface area (Å²) in [6, 6.07) is 9.16. The van der Waals surface area contributed by atoms with Crippen molar-refractivity contribution in [3.05, 3.63) is 35.4 Å². The summed E-state index contributed by atoms with van der Waals surface area (Å²) in [5.41, 5.74) is 2.66. The van der Waals surface area contributed by atoms with Crippen LogP contribution in [0.15, 0.2) is 24.3 Å². The standard InChI is InChI=1S/C14H23NO/c1-3-14(15-10-4-5-11-16)13-8-6-12(2)7-9-13/h6-9,14-16H,3-5,10-11H2,1-2H3. The molecule has 0 aliphatic carbocycles. The third-order valence-electron chi connectivity index (χ3n) is 2.86. The summed E-state index contributed by atoms with van der Waals surface area (Å²) in [5, 5.41) is 12.2. The van der Waals surface area contributed by atoms with Crippen LogP contribution in [0.3, 0.4) is 0 Å². The molecule has 90 valence electrons. The molecule has 1 atom stereocenters. The van der Waals surface area contributed by atoms with Crippen LogP contribution in [0.25, 0.3) is 0 Å². The van der Waals surface area contributed by atoms with Crippen LogP contribution in [-0.4, -0.2) is 18.3 Å². The van der Waals surface area contributed by atoms with Gasteiger partial charge < -0.3 is 10.4 Å². The number of aryl methyl sites for hydroxylation is 1. The average Bonchev–Trinajstić information content (AvgIpc) is 2.31. The Morgan fingerprint density at radius 1 is 1.19 bits per heavy atom. The smallest absolute Gasteiger partial charge is 0.0431 e. The van der Waals surface area contributed by atoms with Gasteiger partial charge in [0.05, 0.1) is 0 Å². The van der Waals surface area contributed by atoms with Gasteiger partial charge in [-0.25, -0.2) is 0 Å². The maximum atomic E-state index is 8.71. The molecule has 0 saturated carbocycles. The minimum absolute atomic E-state index is 0.295. The zero-order chi connectivity index (χ0) is 11.8. The lowest BCUT2D eigenvalue weighted by Gasteiger charge is -2.17. The fourth-order valence-corrected chi connectivity index (χ4v) is 1.81. The lowest BCUT2D eigenvalue weighted by molar-refractivity contribution is 0.282. The lowest BCUT2D eigenvalue weighted by Crippen LogP contribution is -2.22. The molecular weight excluding hydrogens is 198 g/mol. The van der Waals surface area contributed by atoms with E-state index < -0.39 is 0 Å². The van der Waals surface area contributed by atoms with Crippen molar-refractivity contribution < 1.29 is 5.11 Å². The minimum Gasteiger partial charge on any atom is -0.396 e. The van der Waals surface area contributed by atoms with Gasteiger partial charge in [-0.1, -0.05) is 36.8 Å². The topological polar surface area (TPSA) is 32.3 Å². The average molecular weight is 221 g/mol. The first-order valence-corrected chi connectivity index (χ1v) is 6.18. The third kappa shape index (κ3) is 4.33. The van der Waals surface area contributed by atoms with Crippen LogP contribution in [0.5, 0.6) is 0 Å². The second-order valence-corrected chi connectivity index (χ2v) is 4.26. The molecule has 0 fully saturated rings. The fourth-order valence-electron chi connectivity index (χ4n) is 1.81. The van der Waals surface area contributed by atoms with Gasteiger partial charge in [-0.3, -0.25) is 0 Å². The molecule has 1 unspecified atom stereocenters. The molecule has 2 N–H and O–H groups in total. The molecule has 2 heteroatoms. The van der Waals surface area contributed by atoms with E-state index >= 15 is 0 Å². The van der Waals surface area contributed by atoms with E-state index in [2.05, 4.69) is 43.4 Å². The van der Waals surface area contributed by atoms with Crippen LogP contribution in [0.2, 0.25) is 0 Å². The van der Waals surface area contributed by atoms with Crippen molar-refractivity contribution in [3.63, 3.8) is 0 Å². The molecule has 0 aromatic heterocycles. The van der Waals surface area contributed by atoms with E-state index in [1.54, 1.807) is 0 Å². The van der Waals surface area contributed by atoms with E-state index in [4.69, 9.17) is 5.11 Å². The van der Waals surface area contributed by atoms with Crippen LogP contribution >= 0.6 is 0 Å². The van der Waals surface area contributed by atoms with E-state index in [0.717, 1.165) is 25.8 Å². The highest BCUT2D eigenvalue weighted by atomic mass is 16.2. The molecule has 1 rings (SSSR count). The zero-order valence-electron chi connectivity index (χ0n) is 10.4. The number of hydrogen-bond donors (Lipinski definition) is 2. The second-order valence-electron chi connectivity index (χ2n) is 4.26. The van der Waals surface area contributed by atoms with Crippen molar-refractivity contribution in [2.45, 2.75) is 39.2 Å². The van der Waals surface area contributed by atoms with Crippen molar-refractivity contribution in [1.29, 1.82) is 0 Å². The molecule has 1 aromatic carbocycles. The monoisotopic (exact) mass is 221 g/mol. The Kier molecular flexibility index (Phi) is 6.12. The number of nitrogens with one attached hydrogen (secondary N) is 1. The predicted molar refractivity (Wildman–Crippen MR) is 68.5 cm³/mol. The summed E-state index contributed by atoms with van der Waals surface area (Å²) in [6.45, 7) is 5.58. The van der Waals surface area contributed by atoms with Gasteiger partial charge in [-0.15, -0.1) is 0 Å². The first-order chi connectivity index (χ1) is 7.77. The first kappa shape index (κ1) is 13.2. The van der Waals surface area contributed by atoms with E-state index in [0.29, 0.717) is 12.6 Å². The van der Waals surface area contributed by atoms with Gasteiger partial charge >= 0.3 is 0 Å². The molecule has 0 heterocycles. The van der Waals surface area contributed by atoms with E-state index in [1.807, 2.05) is 0 Å². The summed E-state index contributed by atoms with van der Waals surface area (Å²) in [4.78, 5) is 0. The number of rotatable bonds is 7. The SMILES string of the molecule is CCC(NCCCCO)c1ccc(C)cc1. The zero-order valence-corrected chi connectivity index (χ0v) is 10.4. The summed E-state index contributed by atoms with van der Waals surface area (Å²) in [7, 11) is 0. The number of aliphatic hydroxyl groups is 1. The third-order valence-corrected chi connectivity index (χ3v) is 2.86. The molecule has 1 aromatic rings. The van der Waals surface area contributed by atoms with Crippen molar-refractivity contribution >= 4 is 0 Å². The Hall–Kier alpha value is -0.860. The lowest BCUT2D eigenvalue weighted by atomic mass is 10.0. The summed E-state index contributed by atoms with van der Waals surface area (Å²) in [6.07, 6.45) is 3.03. The van der Waals surface area contributed by atoms with Crippen LogP contribution in [0.4, 0.5) is 0 Å². The molecular formula is C14H23NO. The van der Waals surface area contributed by atoms with Crippen molar-refractivity contribution in [2.24, 2.45) is 0 Å². The molecule has 0 aliphatic rings. The van der Waals surface area contributed by atoms with Gasteiger partial charge in [0.15, 0.2) is 0 Å². The van der Waals surface area contributed by atoms with E-state index in [9.17, 15) is 0 Å². The second kappa shape index (κ2) is 7.42. The number of hydrogen-bond acceptors (Lipinski definition) is 2. The predicted octanol–water partition coefficient (Wildman–Crippen LogP) is 2.81. The van der Waals surface area contributed by atoms with E-state index in [-0.39, 0.29) is 0 Å². The maximum absolute atomic E-state index is 8.71. The number of aliphatic hydroxyl groups excluding tert-OH is 1. The Morgan fingerprint density at radius 2 is 1.88 bits per heavy atom. The highest BCUT2D eigenvalue weighted by Gasteiger charge is 2.07. The molecule has 0 amide bonds. The van der Waals surface area contributed by atoms with Crippen molar-refractivity contribution in [1.82, 2.24) is 5.32 Å². The number of unbranched alkanes of at least 4 members (excludes halogenated alkanes) is 1. The fraction of sp³-hybridized carbons (Fsp3) is 0.571. The van der Waals surface area contributed by atoms with Crippen LogP contribution < -0.4 is 5.32 Å². The summed E-state index contributed by atoms with van der Waals surface area (Å²) < 4.78 is 0. The Labute approximate surface area is 98.7 Å². The highest BCUT2D eigenvalue weighted by molar-refractivity contribution is 5.23. The van der Waals surface area contributed by atoms with Gasteiger partial charge in [0.25, 0.3) is 0 Å². The first-order valence-electron chi connectivity index (χ1n) is 6.18.